The van der Waals surface area contributed by atoms with E-state index in [9.17, 15) is 13.2 Å². The predicted octanol–water partition coefficient (Wildman–Crippen LogP) is -0.241. The molecule has 8 heteroatoms. The zero-order valence-corrected chi connectivity index (χ0v) is 11.8. The van der Waals surface area contributed by atoms with Gasteiger partial charge in [0.2, 0.25) is 0 Å². The highest BCUT2D eigenvalue weighted by molar-refractivity contribution is 7.87. The van der Waals surface area contributed by atoms with Crippen LogP contribution < -0.4 is 0 Å². The van der Waals surface area contributed by atoms with Gasteiger partial charge in [0.25, 0.3) is 10.1 Å². The summed E-state index contributed by atoms with van der Waals surface area (Å²) in [5, 5.41) is -0.557. The maximum absolute atomic E-state index is 11.7. The zero-order chi connectivity index (χ0) is 14.5. The Hall–Kier alpha value is -0.960. The van der Waals surface area contributed by atoms with Gasteiger partial charge in [0.15, 0.2) is 0 Å². The van der Waals surface area contributed by atoms with Gasteiger partial charge in [-0.15, -0.1) is 0 Å². The molecule has 0 aromatic heterocycles. The number of rotatable bonds is 5. The summed E-state index contributed by atoms with van der Waals surface area (Å²) in [5.74, 6) is -0.474. The van der Waals surface area contributed by atoms with Crippen molar-refractivity contribution in [3.05, 3.63) is 12.2 Å². The van der Waals surface area contributed by atoms with E-state index in [0.29, 0.717) is 12.0 Å². The number of carbonyl (C=O) groups is 1. The summed E-state index contributed by atoms with van der Waals surface area (Å²) in [5.41, 5.74) is 0.321. The Balaban J connectivity index is 1.51. The molecule has 3 rings (SSSR count). The first-order valence-electron chi connectivity index (χ1n) is 6.42. The van der Waals surface area contributed by atoms with E-state index in [1.165, 1.54) is 0 Å². The van der Waals surface area contributed by atoms with Crippen molar-refractivity contribution in [2.75, 3.05) is 13.2 Å². The molecule has 3 aliphatic heterocycles. The van der Waals surface area contributed by atoms with E-state index in [1.807, 2.05) is 0 Å². The summed E-state index contributed by atoms with van der Waals surface area (Å²) >= 11 is 0. The van der Waals surface area contributed by atoms with Crippen molar-refractivity contribution in [3.63, 3.8) is 0 Å². The summed E-state index contributed by atoms with van der Waals surface area (Å²) < 4.78 is 44.5. The maximum atomic E-state index is 11.7. The molecular weight excluding hydrogens is 288 g/mol. The summed E-state index contributed by atoms with van der Waals surface area (Å²) in [7, 11) is -3.52. The number of hydrogen-bond acceptors (Lipinski definition) is 7. The molecule has 3 heterocycles. The molecular formula is C12H16O7S. The van der Waals surface area contributed by atoms with Gasteiger partial charge in [-0.25, -0.2) is 4.79 Å². The summed E-state index contributed by atoms with van der Waals surface area (Å²) in [4.78, 5) is 11.2. The molecule has 0 aliphatic carbocycles. The third-order valence-corrected chi connectivity index (χ3v) is 5.46. The second kappa shape index (κ2) is 4.80. The van der Waals surface area contributed by atoms with Crippen LogP contribution in [0.25, 0.3) is 0 Å². The van der Waals surface area contributed by atoms with E-state index in [0.717, 1.165) is 0 Å². The standard InChI is InChI=1S/C12H16O7S/c1-6(2)12(13)17-4-3-16-9-7-5-8-10(18-7)11(9)19-20(8,14)15/h7-11H,1,3-5H2,2H3. The van der Waals surface area contributed by atoms with Crippen LogP contribution in [-0.4, -0.2) is 57.3 Å². The number of ether oxygens (including phenoxy) is 3. The topological polar surface area (TPSA) is 88.1 Å². The highest BCUT2D eigenvalue weighted by Gasteiger charge is 2.66. The number of esters is 1. The summed E-state index contributed by atoms with van der Waals surface area (Å²) in [6, 6.07) is 0. The van der Waals surface area contributed by atoms with Crippen molar-refractivity contribution in [2.45, 2.75) is 43.0 Å². The van der Waals surface area contributed by atoms with Crippen LogP contribution in [0, 0.1) is 0 Å². The monoisotopic (exact) mass is 304 g/mol. The van der Waals surface area contributed by atoms with Crippen molar-refractivity contribution < 1.29 is 31.6 Å². The van der Waals surface area contributed by atoms with E-state index >= 15 is 0 Å². The molecule has 3 saturated heterocycles. The first-order chi connectivity index (χ1) is 9.40. The Kier molecular flexibility index (Phi) is 3.36. The van der Waals surface area contributed by atoms with Crippen LogP contribution in [0.2, 0.25) is 0 Å². The third-order valence-electron chi connectivity index (χ3n) is 3.77. The second-order valence-electron chi connectivity index (χ2n) is 5.22. The third kappa shape index (κ3) is 2.16. The Bertz CT molecular complexity index is 540. The minimum atomic E-state index is -3.52. The number of carbonyl (C=O) groups excluding carboxylic acids is 1. The quantitative estimate of drug-likeness (QED) is 0.300. The lowest BCUT2D eigenvalue weighted by atomic mass is 9.94. The van der Waals surface area contributed by atoms with Crippen LogP contribution in [0.1, 0.15) is 13.3 Å². The molecule has 7 nitrogen and oxygen atoms in total. The van der Waals surface area contributed by atoms with E-state index < -0.39 is 39.6 Å². The van der Waals surface area contributed by atoms with Crippen molar-refractivity contribution in [1.82, 2.24) is 0 Å². The molecule has 3 fully saturated rings. The minimum Gasteiger partial charge on any atom is -0.460 e. The minimum absolute atomic E-state index is 0.0858. The summed E-state index contributed by atoms with van der Waals surface area (Å²) in [6.07, 6.45) is -1.27. The van der Waals surface area contributed by atoms with Crippen LogP contribution in [0.15, 0.2) is 12.2 Å². The first-order valence-corrected chi connectivity index (χ1v) is 7.89. The molecule has 20 heavy (non-hydrogen) atoms. The fraction of sp³-hybridized carbons (Fsp3) is 0.750. The molecule has 0 spiro atoms. The van der Waals surface area contributed by atoms with Gasteiger partial charge in [0.1, 0.15) is 30.2 Å². The molecule has 0 aromatic rings. The first kappa shape index (κ1) is 14.0. The smallest absolute Gasteiger partial charge is 0.333 e. The van der Waals surface area contributed by atoms with Crippen LogP contribution in [-0.2, 0) is 33.3 Å². The summed E-state index contributed by atoms with van der Waals surface area (Å²) in [6.45, 7) is 5.28. The Morgan fingerprint density at radius 1 is 1.35 bits per heavy atom. The molecule has 0 N–H and O–H groups in total. The van der Waals surface area contributed by atoms with Gasteiger partial charge in [-0.3, -0.25) is 4.18 Å². The van der Waals surface area contributed by atoms with Gasteiger partial charge in [-0.1, -0.05) is 6.58 Å². The normalized spacial score (nSPS) is 40.0. The van der Waals surface area contributed by atoms with E-state index in [4.69, 9.17) is 18.4 Å². The molecule has 0 saturated carbocycles. The average Bonchev–Trinajstić information content (AvgIpc) is 2.96. The second-order valence-corrected chi connectivity index (χ2v) is 7.00. The number of hydrogen-bond donors (Lipinski definition) is 0. The molecule has 112 valence electrons. The fourth-order valence-corrected chi connectivity index (χ4v) is 4.51. The lowest BCUT2D eigenvalue weighted by Gasteiger charge is -2.21. The maximum Gasteiger partial charge on any atom is 0.333 e. The zero-order valence-electron chi connectivity index (χ0n) is 11.0. The van der Waals surface area contributed by atoms with Gasteiger partial charge in [0, 0.05) is 5.57 Å². The van der Waals surface area contributed by atoms with Crippen LogP contribution in [0.5, 0.6) is 0 Å². The van der Waals surface area contributed by atoms with Gasteiger partial charge >= 0.3 is 5.97 Å². The van der Waals surface area contributed by atoms with Gasteiger partial charge in [-0.05, 0) is 13.3 Å². The molecule has 5 unspecified atom stereocenters. The van der Waals surface area contributed by atoms with Crippen LogP contribution in [0.4, 0.5) is 0 Å². The molecule has 5 atom stereocenters. The predicted molar refractivity (Wildman–Crippen MR) is 66.4 cm³/mol. The average molecular weight is 304 g/mol. The van der Waals surface area contributed by atoms with Crippen LogP contribution >= 0.6 is 0 Å². The number of fused-ring (bicyclic) bond motifs is 1. The molecule has 0 radical (unpaired) electrons. The fourth-order valence-electron chi connectivity index (χ4n) is 2.87. The van der Waals surface area contributed by atoms with Gasteiger partial charge < -0.3 is 14.2 Å². The highest BCUT2D eigenvalue weighted by Crippen LogP contribution is 2.47. The van der Waals surface area contributed by atoms with Gasteiger partial charge in [0.05, 0.1) is 12.7 Å². The van der Waals surface area contributed by atoms with Gasteiger partial charge in [-0.2, -0.15) is 8.42 Å². The largest absolute Gasteiger partial charge is 0.460 e. The van der Waals surface area contributed by atoms with Crippen molar-refractivity contribution in [3.8, 4) is 0 Å². The van der Waals surface area contributed by atoms with E-state index in [1.54, 1.807) is 6.92 Å². The molecule has 3 aliphatic rings. The molecule has 0 aromatic carbocycles. The lowest BCUT2D eigenvalue weighted by Crippen LogP contribution is -2.40. The van der Waals surface area contributed by atoms with Crippen molar-refractivity contribution >= 4 is 16.1 Å². The van der Waals surface area contributed by atoms with Crippen LogP contribution in [0.3, 0.4) is 0 Å². The van der Waals surface area contributed by atoms with Crippen molar-refractivity contribution in [1.29, 1.82) is 0 Å². The SMILES string of the molecule is C=C(C)C(=O)OCCOC1C2CC3C(O2)C1OS3(=O)=O. The molecule has 2 bridgehead atoms. The Morgan fingerprint density at radius 2 is 2.10 bits per heavy atom. The van der Waals surface area contributed by atoms with E-state index in [-0.39, 0.29) is 19.3 Å². The highest BCUT2D eigenvalue weighted by atomic mass is 32.2. The van der Waals surface area contributed by atoms with Crippen molar-refractivity contribution in [2.24, 2.45) is 0 Å². The Labute approximate surface area is 116 Å². The lowest BCUT2D eigenvalue weighted by molar-refractivity contribution is -0.142. The Morgan fingerprint density at radius 3 is 2.80 bits per heavy atom. The van der Waals surface area contributed by atoms with E-state index in [2.05, 4.69) is 6.58 Å². The molecule has 0 amide bonds.